The van der Waals surface area contributed by atoms with Crippen LogP contribution in [0.4, 0.5) is 11.4 Å². The van der Waals surface area contributed by atoms with E-state index in [0.29, 0.717) is 0 Å². The summed E-state index contributed by atoms with van der Waals surface area (Å²) in [7, 11) is 2.49. The van der Waals surface area contributed by atoms with Crippen LogP contribution < -0.4 is 16.2 Å². The molecule has 0 bridgehead atoms. The summed E-state index contributed by atoms with van der Waals surface area (Å²) in [6.45, 7) is 18.5. The van der Waals surface area contributed by atoms with Gasteiger partial charge in [-0.1, -0.05) is 140 Å². The van der Waals surface area contributed by atoms with Gasteiger partial charge >= 0.3 is 0 Å². The summed E-state index contributed by atoms with van der Waals surface area (Å²) in [5.74, 6) is 0. The molecule has 2 aliphatic rings. The number of benzene rings is 7. The lowest BCUT2D eigenvalue weighted by molar-refractivity contribution is 0.590. The minimum Gasteiger partial charge on any atom is -0.355 e. The van der Waals surface area contributed by atoms with Crippen LogP contribution in [0.15, 0.2) is 127 Å². The molecular weight excluding hydrogens is 707 g/mol. The van der Waals surface area contributed by atoms with E-state index in [4.69, 9.17) is 0 Å². The number of rotatable bonds is 3. The first-order valence-corrected chi connectivity index (χ1v) is 21.2. The first-order chi connectivity index (χ1) is 27.3. The van der Waals surface area contributed by atoms with Gasteiger partial charge < -0.3 is 9.88 Å². The van der Waals surface area contributed by atoms with E-state index in [1.807, 2.05) is 11.3 Å². The van der Waals surface area contributed by atoms with Crippen LogP contribution in [-0.4, -0.2) is 11.8 Å². The molecule has 7 aromatic carbocycles. The van der Waals surface area contributed by atoms with Crippen LogP contribution in [0.25, 0.3) is 69.9 Å². The van der Waals surface area contributed by atoms with Crippen LogP contribution in [0.3, 0.4) is 0 Å². The molecule has 2 nitrogen and oxygen atoms in total. The highest BCUT2D eigenvalue weighted by molar-refractivity contribution is 7.25. The summed E-state index contributed by atoms with van der Waals surface area (Å²) in [6.07, 6.45) is 0. The zero-order chi connectivity index (χ0) is 39.2. The zero-order valence-electron chi connectivity index (χ0n) is 34.1. The number of nitrogens with one attached hydrogen (secondary N) is 1. The molecule has 277 valence electrons. The normalized spacial score (nSPS) is 14.2. The Balaban J connectivity index is 1.20. The van der Waals surface area contributed by atoms with E-state index in [-0.39, 0.29) is 16.2 Å². The maximum atomic E-state index is 3.88. The van der Waals surface area contributed by atoms with Gasteiger partial charge in [-0.15, -0.1) is 11.3 Å². The van der Waals surface area contributed by atoms with Crippen molar-refractivity contribution in [3.63, 3.8) is 0 Å². The Labute approximate surface area is 340 Å². The minimum absolute atomic E-state index is 0.0101. The van der Waals surface area contributed by atoms with Crippen LogP contribution in [-0.2, 0) is 16.2 Å². The van der Waals surface area contributed by atoms with Crippen molar-refractivity contribution >= 4 is 82.9 Å². The molecular formula is C53H46BN2S. The van der Waals surface area contributed by atoms with Crippen molar-refractivity contribution < 1.29 is 0 Å². The average molecular weight is 754 g/mol. The molecule has 1 aliphatic carbocycles. The number of anilines is 2. The summed E-state index contributed by atoms with van der Waals surface area (Å²) in [6, 6.07) is 48.6. The van der Waals surface area contributed by atoms with Crippen LogP contribution in [0.2, 0.25) is 0 Å². The molecule has 1 radical (unpaired) electrons. The van der Waals surface area contributed by atoms with E-state index >= 15 is 0 Å². The zero-order valence-corrected chi connectivity index (χ0v) is 34.9. The number of thiophene rings is 1. The topological polar surface area (TPSA) is 17.0 Å². The number of nitrogens with zero attached hydrogens (tertiary/aromatic N) is 1. The van der Waals surface area contributed by atoms with Gasteiger partial charge in [0.25, 0.3) is 0 Å². The molecule has 3 heterocycles. The van der Waals surface area contributed by atoms with Gasteiger partial charge in [-0.25, -0.2) is 0 Å². The lowest BCUT2D eigenvalue weighted by Crippen LogP contribution is -2.38. The maximum absolute atomic E-state index is 3.88. The molecule has 9 aromatic rings. The van der Waals surface area contributed by atoms with Crippen LogP contribution in [0.1, 0.15) is 77.6 Å². The molecule has 0 saturated carbocycles. The van der Waals surface area contributed by atoms with E-state index in [2.05, 4.69) is 200 Å². The second-order valence-corrected chi connectivity index (χ2v) is 20.0. The van der Waals surface area contributed by atoms with Crippen molar-refractivity contribution in [1.29, 1.82) is 0 Å². The quantitative estimate of drug-likeness (QED) is 0.178. The average Bonchev–Trinajstić information content (AvgIpc) is 3.79. The van der Waals surface area contributed by atoms with Gasteiger partial charge in [-0.3, -0.25) is 0 Å². The fourth-order valence-corrected chi connectivity index (χ4v) is 10.9. The van der Waals surface area contributed by atoms with Gasteiger partial charge in [-0.2, -0.15) is 0 Å². The first kappa shape index (κ1) is 34.7. The standard InChI is InChI=1S/C53H46BN2S/c1-51(2,3)30-17-20-32(21-18-30)55-44-24-19-31(52(4,5)6)25-38(44)35-22-23-36-39-28-48-40(34-14-10-12-16-47(34)57-48)27-45(39)56-46-26-37-33-13-9-11-15-41(33)53(7,8)42(37)29-43(46)54-49(35)50(36)56/h9-29,55H,1-8H3. The molecule has 0 spiro atoms. The number of hydrogen-bond acceptors (Lipinski definition) is 2. The molecule has 57 heavy (non-hydrogen) atoms. The Morgan fingerprint density at radius 2 is 1.30 bits per heavy atom. The van der Waals surface area contributed by atoms with Gasteiger partial charge in [0.2, 0.25) is 0 Å². The van der Waals surface area contributed by atoms with Crippen molar-refractivity contribution in [2.45, 2.75) is 71.6 Å². The van der Waals surface area contributed by atoms with Crippen LogP contribution in [0, 0.1) is 0 Å². The van der Waals surface area contributed by atoms with Gasteiger partial charge in [0, 0.05) is 64.5 Å². The van der Waals surface area contributed by atoms with Gasteiger partial charge in [-0.05, 0) is 104 Å². The van der Waals surface area contributed by atoms with Crippen molar-refractivity contribution in [2.24, 2.45) is 0 Å². The highest BCUT2D eigenvalue weighted by Crippen LogP contribution is 2.50. The largest absolute Gasteiger partial charge is 0.355 e. The molecule has 0 saturated heterocycles. The SMILES string of the molecule is CC(C)(C)c1ccc(Nc2ccc(C(C)(C)C)cc2-c2ccc3c4cc5sc6ccccc6c5cc4n4c3c2[B]c2cc3c(cc2-4)-c2ccccc2C3(C)C)cc1. The Bertz CT molecular complexity index is 3160. The van der Waals surface area contributed by atoms with E-state index in [9.17, 15) is 0 Å². The molecule has 0 unspecified atom stereocenters. The Hall–Kier alpha value is -5.58. The van der Waals surface area contributed by atoms with Gasteiger partial charge in [0.05, 0.1) is 5.52 Å². The second-order valence-electron chi connectivity index (χ2n) is 19.0. The van der Waals surface area contributed by atoms with Gasteiger partial charge in [0.1, 0.15) is 0 Å². The lowest BCUT2D eigenvalue weighted by atomic mass is 9.58. The number of hydrogen-bond donors (Lipinski definition) is 1. The predicted molar refractivity (Wildman–Crippen MR) is 249 cm³/mol. The smallest absolute Gasteiger partial charge is 0.197 e. The Kier molecular flexibility index (Phi) is 7.14. The lowest BCUT2D eigenvalue weighted by Gasteiger charge is -2.28. The maximum Gasteiger partial charge on any atom is 0.197 e. The Morgan fingerprint density at radius 3 is 2.09 bits per heavy atom. The Morgan fingerprint density at radius 1 is 0.561 bits per heavy atom. The second kappa shape index (κ2) is 11.7. The van der Waals surface area contributed by atoms with Crippen LogP contribution >= 0.6 is 11.3 Å². The first-order valence-electron chi connectivity index (χ1n) is 20.3. The van der Waals surface area contributed by atoms with E-state index in [0.717, 1.165) is 11.4 Å². The molecule has 1 aliphatic heterocycles. The van der Waals surface area contributed by atoms with E-state index < -0.39 is 0 Å². The summed E-state index contributed by atoms with van der Waals surface area (Å²) >= 11 is 1.90. The molecule has 0 atom stereocenters. The minimum atomic E-state index is -0.0922. The van der Waals surface area contributed by atoms with Crippen LogP contribution in [0.5, 0.6) is 0 Å². The van der Waals surface area contributed by atoms with Crippen molar-refractivity contribution in [3.05, 3.63) is 150 Å². The van der Waals surface area contributed by atoms with Crippen molar-refractivity contribution in [1.82, 2.24) is 4.57 Å². The molecule has 4 heteroatoms. The number of aromatic nitrogens is 1. The van der Waals surface area contributed by atoms with Gasteiger partial charge in [0.15, 0.2) is 7.28 Å². The third-order valence-electron chi connectivity index (χ3n) is 12.9. The molecule has 0 fully saturated rings. The fraction of sp³-hybridized carbons (Fsp3) is 0.208. The monoisotopic (exact) mass is 753 g/mol. The highest BCUT2D eigenvalue weighted by atomic mass is 32.1. The predicted octanol–water partition coefficient (Wildman–Crippen LogP) is 13.4. The molecule has 2 aromatic heterocycles. The third kappa shape index (κ3) is 5.09. The van der Waals surface area contributed by atoms with Crippen molar-refractivity contribution in [2.75, 3.05) is 5.32 Å². The summed E-state index contributed by atoms with van der Waals surface area (Å²) in [5, 5.41) is 9.14. The highest BCUT2D eigenvalue weighted by Gasteiger charge is 2.38. The third-order valence-corrected chi connectivity index (χ3v) is 14.1. The summed E-state index contributed by atoms with van der Waals surface area (Å²) in [5.41, 5.74) is 19.2. The van der Waals surface area contributed by atoms with E-state index in [1.54, 1.807) is 0 Å². The number of fused-ring (bicyclic) bond motifs is 11. The molecule has 0 amide bonds. The summed E-state index contributed by atoms with van der Waals surface area (Å²) < 4.78 is 5.27. The molecule has 11 rings (SSSR count). The fourth-order valence-electron chi connectivity index (χ4n) is 9.75. The van der Waals surface area contributed by atoms with Crippen molar-refractivity contribution in [3.8, 4) is 27.9 Å². The summed E-state index contributed by atoms with van der Waals surface area (Å²) in [4.78, 5) is 0. The van der Waals surface area contributed by atoms with E-state index in [1.165, 1.54) is 103 Å². The molecule has 1 N–H and O–H groups in total.